The lowest BCUT2D eigenvalue weighted by molar-refractivity contribution is 0.151. The predicted octanol–water partition coefficient (Wildman–Crippen LogP) is 2.87. The van der Waals surface area contributed by atoms with Crippen LogP contribution in [0.1, 0.15) is 36.1 Å². The third kappa shape index (κ3) is 1.45. The molecule has 0 amide bonds. The molecule has 1 aliphatic rings. The summed E-state index contributed by atoms with van der Waals surface area (Å²) in [5.74, 6) is 0. The van der Waals surface area contributed by atoms with Crippen LogP contribution in [0.15, 0.2) is 29.4 Å². The van der Waals surface area contributed by atoms with Crippen molar-refractivity contribution in [1.82, 2.24) is 0 Å². The van der Waals surface area contributed by atoms with E-state index in [9.17, 15) is 5.11 Å². The van der Waals surface area contributed by atoms with E-state index >= 15 is 0 Å². The van der Waals surface area contributed by atoms with Gasteiger partial charge in [0.15, 0.2) is 0 Å². The number of aliphatic hydroxyl groups is 1. The standard InChI is InChI=1S/C10H11N3O/c11-13-12-9-5-6-10(14)8-4-2-1-3-7(8)9/h1-4,9-10,14H,5-6H2. The number of aliphatic hydroxyl groups excluding tert-OH is 1. The van der Waals surface area contributed by atoms with Crippen LogP contribution >= 0.6 is 0 Å². The molecule has 1 aliphatic carbocycles. The van der Waals surface area contributed by atoms with Crippen molar-refractivity contribution in [3.8, 4) is 0 Å². The fourth-order valence-corrected chi connectivity index (χ4v) is 1.93. The smallest absolute Gasteiger partial charge is 0.0793 e. The summed E-state index contributed by atoms with van der Waals surface area (Å²) >= 11 is 0. The van der Waals surface area contributed by atoms with E-state index in [0.717, 1.165) is 17.5 Å². The summed E-state index contributed by atoms with van der Waals surface area (Å²) < 4.78 is 0. The Morgan fingerprint density at radius 1 is 1.29 bits per heavy atom. The molecule has 4 heteroatoms. The van der Waals surface area contributed by atoms with E-state index in [1.807, 2.05) is 24.3 Å². The molecule has 0 fully saturated rings. The van der Waals surface area contributed by atoms with Crippen molar-refractivity contribution in [3.05, 3.63) is 45.8 Å². The van der Waals surface area contributed by atoms with Crippen LogP contribution in [0.5, 0.6) is 0 Å². The number of hydrogen-bond donors (Lipinski definition) is 1. The lowest BCUT2D eigenvalue weighted by Crippen LogP contribution is -2.12. The second kappa shape index (κ2) is 3.70. The Hall–Kier alpha value is -1.51. The zero-order valence-electron chi connectivity index (χ0n) is 7.67. The van der Waals surface area contributed by atoms with Crippen LogP contribution in [0.25, 0.3) is 10.4 Å². The van der Waals surface area contributed by atoms with Crippen molar-refractivity contribution in [2.45, 2.75) is 25.0 Å². The van der Waals surface area contributed by atoms with E-state index in [4.69, 9.17) is 5.53 Å². The number of hydrogen-bond acceptors (Lipinski definition) is 2. The highest BCUT2D eigenvalue weighted by Crippen LogP contribution is 2.37. The van der Waals surface area contributed by atoms with Crippen molar-refractivity contribution in [3.63, 3.8) is 0 Å². The van der Waals surface area contributed by atoms with Crippen LogP contribution in [0, 0.1) is 0 Å². The Bertz CT molecular complexity index is 385. The lowest BCUT2D eigenvalue weighted by atomic mass is 9.86. The van der Waals surface area contributed by atoms with Crippen LogP contribution in [0.2, 0.25) is 0 Å². The van der Waals surface area contributed by atoms with Gasteiger partial charge in [0.2, 0.25) is 0 Å². The zero-order chi connectivity index (χ0) is 9.97. The van der Waals surface area contributed by atoms with Crippen LogP contribution in [0.3, 0.4) is 0 Å². The Morgan fingerprint density at radius 2 is 2.00 bits per heavy atom. The Labute approximate surface area is 81.8 Å². The Kier molecular flexibility index (Phi) is 2.39. The highest BCUT2D eigenvalue weighted by molar-refractivity contribution is 5.33. The molecule has 0 radical (unpaired) electrons. The normalized spacial score (nSPS) is 24.9. The first-order chi connectivity index (χ1) is 6.83. The van der Waals surface area contributed by atoms with E-state index < -0.39 is 6.10 Å². The molecule has 14 heavy (non-hydrogen) atoms. The number of nitrogens with zero attached hydrogens (tertiary/aromatic N) is 3. The molecule has 0 aromatic heterocycles. The largest absolute Gasteiger partial charge is 0.388 e. The van der Waals surface area contributed by atoms with E-state index in [1.54, 1.807) is 0 Å². The molecular formula is C10H11N3O. The SMILES string of the molecule is [N-]=[N+]=NC1CCC(O)c2ccccc21. The monoisotopic (exact) mass is 189 g/mol. The lowest BCUT2D eigenvalue weighted by Gasteiger charge is -2.25. The molecule has 0 aliphatic heterocycles. The first kappa shape index (κ1) is 9.06. The minimum Gasteiger partial charge on any atom is -0.388 e. The summed E-state index contributed by atoms with van der Waals surface area (Å²) in [6.45, 7) is 0. The van der Waals surface area contributed by atoms with Gasteiger partial charge in [-0.3, -0.25) is 0 Å². The number of benzene rings is 1. The molecule has 2 rings (SSSR count). The van der Waals surface area contributed by atoms with Gasteiger partial charge in [0, 0.05) is 4.91 Å². The fourth-order valence-electron chi connectivity index (χ4n) is 1.93. The van der Waals surface area contributed by atoms with Gasteiger partial charge in [-0.25, -0.2) is 0 Å². The quantitative estimate of drug-likeness (QED) is 0.412. The second-order valence-electron chi connectivity index (χ2n) is 3.44. The number of fused-ring (bicyclic) bond motifs is 1. The first-order valence-corrected chi connectivity index (χ1v) is 4.64. The summed E-state index contributed by atoms with van der Waals surface area (Å²) in [4.78, 5) is 2.83. The van der Waals surface area contributed by atoms with Crippen molar-refractivity contribution < 1.29 is 5.11 Å². The van der Waals surface area contributed by atoms with Crippen LogP contribution in [-0.2, 0) is 0 Å². The molecule has 0 bridgehead atoms. The molecule has 0 heterocycles. The average molecular weight is 189 g/mol. The molecule has 1 aromatic rings. The minimum absolute atomic E-state index is 0.111. The van der Waals surface area contributed by atoms with Gasteiger partial charge in [0.05, 0.1) is 12.1 Å². The summed E-state index contributed by atoms with van der Waals surface area (Å²) in [6, 6.07) is 7.48. The van der Waals surface area contributed by atoms with Gasteiger partial charge in [-0.05, 0) is 29.5 Å². The van der Waals surface area contributed by atoms with E-state index in [-0.39, 0.29) is 6.04 Å². The van der Waals surface area contributed by atoms with Crippen molar-refractivity contribution in [1.29, 1.82) is 0 Å². The predicted molar refractivity (Wildman–Crippen MR) is 52.5 cm³/mol. The molecular weight excluding hydrogens is 178 g/mol. The number of azide groups is 1. The first-order valence-electron chi connectivity index (χ1n) is 4.64. The van der Waals surface area contributed by atoms with E-state index in [1.165, 1.54) is 0 Å². The third-order valence-corrected chi connectivity index (χ3v) is 2.62. The second-order valence-corrected chi connectivity index (χ2v) is 3.44. The molecule has 1 aromatic carbocycles. The van der Waals surface area contributed by atoms with Gasteiger partial charge in [-0.15, -0.1) is 0 Å². The molecule has 4 nitrogen and oxygen atoms in total. The van der Waals surface area contributed by atoms with Crippen molar-refractivity contribution in [2.75, 3.05) is 0 Å². The average Bonchev–Trinajstić information content (AvgIpc) is 2.23. The van der Waals surface area contributed by atoms with Crippen LogP contribution < -0.4 is 0 Å². The molecule has 2 unspecified atom stereocenters. The summed E-state index contributed by atoms with van der Waals surface area (Å²) in [7, 11) is 0. The highest BCUT2D eigenvalue weighted by atomic mass is 16.3. The summed E-state index contributed by atoms with van der Waals surface area (Å²) in [5, 5.41) is 13.4. The van der Waals surface area contributed by atoms with Crippen molar-refractivity contribution in [2.24, 2.45) is 5.11 Å². The minimum atomic E-state index is -0.406. The molecule has 0 saturated carbocycles. The van der Waals surface area contributed by atoms with Gasteiger partial charge >= 0.3 is 0 Å². The fraction of sp³-hybridized carbons (Fsp3) is 0.400. The maximum Gasteiger partial charge on any atom is 0.0793 e. The van der Waals surface area contributed by atoms with Crippen molar-refractivity contribution >= 4 is 0 Å². The zero-order valence-corrected chi connectivity index (χ0v) is 7.67. The molecule has 72 valence electrons. The third-order valence-electron chi connectivity index (χ3n) is 2.62. The van der Waals surface area contributed by atoms with Crippen LogP contribution in [0.4, 0.5) is 0 Å². The topological polar surface area (TPSA) is 69.0 Å². The maximum atomic E-state index is 9.71. The molecule has 0 spiro atoms. The Morgan fingerprint density at radius 3 is 2.71 bits per heavy atom. The number of rotatable bonds is 1. The molecule has 2 atom stereocenters. The van der Waals surface area contributed by atoms with Crippen LogP contribution in [-0.4, -0.2) is 5.11 Å². The van der Waals surface area contributed by atoms with E-state index in [0.29, 0.717) is 6.42 Å². The van der Waals surface area contributed by atoms with Gasteiger partial charge in [0.1, 0.15) is 0 Å². The molecule has 1 N–H and O–H groups in total. The van der Waals surface area contributed by atoms with E-state index in [2.05, 4.69) is 10.0 Å². The summed E-state index contributed by atoms with van der Waals surface area (Å²) in [5.41, 5.74) is 10.3. The van der Waals surface area contributed by atoms with Gasteiger partial charge in [0.25, 0.3) is 0 Å². The summed E-state index contributed by atoms with van der Waals surface area (Å²) in [6.07, 6.45) is 0.986. The van der Waals surface area contributed by atoms with Gasteiger partial charge in [-0.1, -0.05) is 29.4 Å². The van der Waals surface area contributed by atoms with Gasteiger partial charge < -0.3 is 5.11 Å². The van der Waals surface area contributed by atoms with Gasteiger partial charge in [-0.2, -0.15) is 0 Å². The Balaban J connectivity index is 2.46. The highest BCUT2D eigenvalue weighted by Gasteiger charge is 2.24. The molecule has 0 saturated heterocycles. The maximum absolute atomic E-state index is 9.71.